The highest BCUT2D eigenvalue weighted by Gasteiger charge is 2.25. The van der Waals surface area contributed by atoms with E-state index in [0.717, 1.165) is 24.2 Å². The third kappa shape index (κ3) is 5.40. The summed E-state index contributed by atoms with van der Waals surface area (Å²) in [5, 5.41) is 9.66. The van der Waals surface area contributed by atoms with Crippen molar-refractivity contribution in [1.82, 2.24) is 20.4 Å². The number of rotatable bonds is 6. The summed E-state index contributed by atoms with van der Waals surface area (Å²) in [6.45, 7) is 5.49. The SMILES string of the molecule is Cc1ccc(SCc2cccc(C(=O)NC3CCN(C(=O)c4cn[nH]c4)CC3)c2)c(C)c1. The molecule has 1 fully saturated rings. The lowest BCUT2D eigenvalue weighted by Gasteiger charge is -2.32. The fraction of sp³-hybridized carbons (Fsp3) is 0.320. The van der Waals surface area contributed by atoms with E-state index < -0.39 is 0 Å². The first-order valence-electron chi connectivity index (χ1n) is 10.9. The molecule has 7 heteroatoms. The third-order valence-electron chi connectivity index (χ3n) is 5.78. The van der Waals surface area contributed by atoms with Crippen LogP contribution in [0.25, 0.3) is 0 Å². The molecule has 4 rings (SSSR count). The van der Waals surface area contributed by atoms with Crippen LogP contribution in [0.2, 0.25) is 0 Å². The zero-order valence-electron chi connectivity index (χ0n) is 18.4. The number of aryl methyl sites for hydroxylation is 2. The number of aromatic amines is 1. The van der Waals surface area contributed by atoms with E-state index >= 15 is 0 Å². The van der Waals surface area contributed by atoms with Gasteiger partial charge < -0.3 is 10.2 Å². The van der Waals surface area contributed by atoms with E-state index in [4.69, 9.17) is 0 Å². The predicted octanol–water partition coefficient (Wildman–Crippen LogP) is 4.35. The summed E-state index contributed by atoms with van der Waals surface area (Å²) in [6.07, 6.45) is 4.65. The molecule has 0 unspecified atom stereocenters. The summed E-state index contributed by atoms with van der Waals surface area (Å²) in [5.41, 5.74) is 4.93. The van der Waals surface area contributed by atoms with Gasteiger partial charge in [-0.05, 0) is 56.0 Å². The van der Waals surface area contributed by atoms with Crippen molar-refractivity contribution in [1.29, 1.82) is 0 Å². The number of thioether (sulfide) groups is 1. The molecule has 0 spiro atoms. The quantitative estimate of drug-likeness (QED) is 0.550. The second-order valence-electron chi connectivity index (χ2n) is 8.28. The predicted molar refractivity (Wildman–Crippen MR) is 127 cm³/mol. The lowest BCUT2D eigenvalue weighted by molar-refractivity contribution is 0.0698. The molecule has 0 bridgehead atoms. The second-order valence-corrected chi connectivity index (χ2v) is 9.30. The van der Waals surface area contributed by atoms with Crippen LogP contribution in [0.1, 0.15) is 50.2 Å². The van der Waals surface area contributed by atoms with Gasteiger partial charge in [0.25, 0.3) is 11.8 Å². The highest BCUT2D eigenvalue weighted by molar-refractivity contribution is 7.98. The van der Waals surface area contributed by atoms with Gasteiger partial charge in [-0.3, -0.25) is 14.7 Å². The topological polar surface area (TPSA) is 78.1 Å². The monoisotopic (exact) mass is 448 g/mol. The van der Waals surface area contributed by atoms with Crippen LogP contribution in [-0.2, 0) is 5.75 Å². The standard InChI is InChI=1S/C25H28N4O2S/c1-17-6-7-23(18(2)12-17)32-16-19-4-3-5-20(13-19)24(30)28-22-8-10-29(11-9-22)25(31)21-14-26-27-15-21/h3-7,12-15,22H,8-11,16H2,1-2H3,(H,26,27)(H,28,30). The van der Waals surface area contributed by atoms with Gasteiger partial charge in [-0.2, -0.15) is 5.10 Å². The van der Waals surface area contributed by atoms with Crippen molar-refractivity contribution in [3.63, 3.8) is 0 Å². The first-order chi connectivity index (χ1) is 15.5. The Bertz CT molecular complexity index is 1090. The van der Waals surface area contributed by atoms with Crippen LogP contribution in [0.3, 0.4) is 0 Å². The van der Waals surface area contributed by atoms with Gasteiger partial charge in [-0.25, -0.2) is 0 Å². The Morgan fingerprint density at radius 2 is 1.94 bits per heavy atom. The molecule has 32 heavy (non-hydrogen) atoms. The maximum Gasteiger partial charge on any atom is 0.257 e. The first kappa shape index (κ1) is 22.1. The van der Waals surface area contributed by atoms with Crippen molar-refractivity contribution in [2.24, 2.45) is 0 Å². The van der Waals surface area contributed by atoms with Crippen LogP contribution in [0.4, 0.5) is 0 Å². The molecular formula is C25H28N4O2S. The minimum Gasteiger partial charge on any atom is -0.349 e. The Balaban J connectivity index is 1.30. The van der Waals surface area contributed by atoms with E-state index in [1.807, 2.05) is 23.1 Å². The van der Waals surface area contributed by atoms with Crippen molar-refractivity contribution in [2.45, 2.75) is 43.4 Å². The second kappa shape index (κ2) is 10.0. The minimum absolute atomic E-state index is 0.0162. The number of aromatic nitrogens is 2. The maximum atomic E-state index is 12.8. The van der Waals surface area contributed by atoms with Crippen LogP contribution in [0, 0.1) is 13.8 Å². The molecule has 0 atom stereocenters. The summed E-state index contributed by atoms with van der Waals surface area (Å²) in [5.74, 6) is 0.750. The number of amides is 2. The number of piperidine rings is 1. The highest BCUT2D eigenvalue weighted by atomic mass is 32.2. The van der Waals surface area contributed by atoms with Gasteiger partial charge in [0.05, 0.1) is 11.8 Å². The van der Waals surface area contributed by atoms with Crippen LogP contribution >= 0.6 is 11.8 Å². The number of carbonyl (C=O) groups excluding carboxylic acids is 2. The van der Waals surface area contributed by atoms with E-state index in [1.165, 1.54) is 16.0 Å². The molecule has 0 saturated carbocycles. The molecule has 2 aromatic carbocycles. The molecule has 1 saturated heterocycles. The van der Waals surface area contributed by atoms with Crippen molar-refractivity contribution in [3.8, 4) is 0 Å². The van der Waals surface area contributed by atoms with E-state index in [1.54, 1.807) is 24.2 Å². The highest BCUT2D eigenvalue weighted by Crippen LogP contribution is 2.27. The van der Waals surface area contributed by atoms with Crippen molar-refractivity contribution in [2.75, 3.05) is 13.1 Å². The Labute approximate surface area is 192 Å². The van der Waals surface area contributed by atoms with E-state index in [-0.39, 0.29) is 17.9 Å². The van der Waals surface area contributed by atoms with Crippen LogP contribution in [0.5, 0.6) is 0 Å². The van der Waals surface area contributed by atoms with Gasteiger partial charge in [0.1, 0.15) is 0 Å². The molecular weight excluding hydrogens is 420 g/mol. The van der Waals surface area contributed by atoms with Crippen molar-refractivity contribution >= 4 is 23.6 Å². The maximum absolute atomic E-state index is 12.8. The number of nitrogens with zero attached hydrogens (tertiary/aromatic N) is 2. The summed E-state index contributed by atoms with van der Waals surface area (Å²) in [4.78, 5) is 28.3. The number of likely N-dealkylation sites (tertiary alicyclic amines) is 1. The number of H-pyrrole nitrogens is 1. The van der Waals surface area contributed by atoms with Gasteiger partial charge >= 0.3 is 0 Å². The Hall–Kier alpha value is -3.06. The lowest BCUT2D eigenvalue weighted by atomic mass is 10.0. The molecule has 1 aliphatic rings. The zero-order valence-corrected chi connectivity index (χ0v) is 19.2. The van der Waals surface area contributed by atoms with Crippen molar-refractivity contribution < 1.29 is 9.59 Å². The molecule has 166 valence electrons. The van der Waals surface area contributed by atoms with Gasteiger partial charge in [0, 0.05) is 41.5 Å². The normalized spacial score (nSPS) is 14.4. The van der Waals surface area contributed by atoms with Gasteiger partial charge in [-0.15, -0.1) is 11.8 Å². The molecule has 1 aliphatic heterocycles. The Morgan fingerprint density at radius 1 is 1.12 bits per heavy atom. The molecule has 3 aromatic rings. The molecule has 2 heterocycles. The third-order valence-corrected chi connectivity index (χ3v) is 7.02. The minimum atomic E-state index is -0.0528. The summed E-state index contributed by atoms with van der Waals surface area (Å²) >= 11 is 1.79. The molecule has 0 radical (unpaired) electrons. The van der Waals surface area contributed by atoms with Gasteiger partial charge in [0.15, 0.2) is 0 Å². The van der Waals surface area contributed by atoms with Crippen molar-refractivity contribution in [3.05, 3.63) is 82.7 Å². The first-order valence-corrected chi connectivity index (χ1v) is 11.9. The molecule has 6 nitrogen and oxygen atoms in total. The van der Waals surface area contributed by atoms with E-state index in [9.17, 15) is 9.59 Å². The number of hydrogen-bond acceptors (Lipinski definition) is 4. The van der Waals surface area contributed by atoms with Crippen LogP contribution in [0.15, 0.2) is 59.8 Å². The number of hydrogen-bond donors (Lipinski definition) is 2. The number of benzene rings is 2. The van der Waals surface area contributed by atoms with Gasteiger partial charge in [-0.1, -0.05) is 29.8 Å². The summed E-state index contributed by atoms with van der Waals surface area (Å²) in [6, 6.07) is 14.4. The van der Waals surface area contributed by atoms with Gasteiger partial charge in [0.2, 0.25) is 0 Å². The molecule has 2 N–H and O–H groups in total. The largest absolute Gasteiger partial charge is 0.349 e. The Morgan fingerprint density at radius 3 is 2.66 bits per heavy atom. The average molecular weight is 449 g/mol. The summed E-state index contributed by atoms with van der Waals surface area (Å²) < 4.78 is 0. The molecule has 0 aliphatic carbocycles. The number of carbonyl (C=O) groups is 2. The van der Waals surface area contributed by atoms with Crippen LogP contribution < -0.4 is 5.32 Å². The van der Waals surface area contributed by atoms with E-state index in [0.29, 0.717) is 24.2 Å². The smallest absolute Gasteiger partial charge is 0.257 e. The molecule has 1 aromatic heterocycles. The van der Waals surface area contributed by atoms with E-state index in [2.05, 4.69) is 53.6 Å². The Kier molecular flexibility index (Phi) is 6.95. The molecule has 2 amide bonds. The summed E-state index contributed by atoms with van der Waals surface area (Å²) in [7, 11) is 0. The van der Waals surface area contributed by atoms with Crippen LogP contribution in [-0.4, -0.2) is 46.0 Å². The average Bonchev–Trinajstić information content (AvgIpc) is 3.34. The zero-order chi connectivity index (χ0) is 22.5. The number of nitrogens with one attached hydrogen (secondary N) is 2. The fourth-order valence-electron chi connectivity index (χ4n) is 3.97. The fourth-order valence-corrected chi connectivity index (χ4v) is 4.92. The lowest BCUT2D eigenvalue weighted by Crippen LogP contribution is -2.46.